The van der Waals surface area contributed by atoms with E-state index in [-0.39, 0.29) is 0 Å². The van der Waals surface area contributed by atoms with E-state index in [1.807, 2.05) is 28.8 Å². The number of hydrogen-bond acceptors (Lipinski definition) is 6. The van der Waals surface area contributed by atoms with E-state index in [2.05, 4.69) is 38.3 Å². The number of aromatic nitrogens is 3. The number of nitrogens with zero attached hydrogens (tertiary/aromatic N) is 5. The van der Waals surface area contributed by atoms with Gasteiger partial charge in [0.05, 0.1) is 0 Å². The van der Waals surface area contributed by atoms with Crippen molar-refractivity contribution in [2.45, 2.75) is 37.6 Å². The fraction of sp³-hybridized carbons (Fsp3) is 0.458. The first-order chi connectivity index (χ1) is 16.0. The summed E-state index contributed by atoms with van der Waals surface area (Å²) in [6.07, 6.45) is 6.25. The van der Waals surface area contributed by atoms with Crippen LogP contribution in [-0.4, -0.2) is 69.7 Å². The van der Waals surface area contributed by atoms with Gasteiger partial charge < -0.3 is 21.7 Å². The van der Waals surface area contributed by atoms with E-state index in [1.54, 1.807) is 0 Å². The number of anilines is 2. The Morgan fingerprint density at radius 2 is 1.76 bits per heavy atom. The third-order valence-corrected chi connectivity index (χ3v) is 7.24. The SMILES string of the molecule is CN1CCN(C2CCC(c3cc(-c4ccc(NC(N)=O)cc4)c4c(N)ncnn34)CC2)CC1. The summed E-state index contributed by atoms with van der Waals surface area (Å²) in [5.74, 6) is 0.914. The zero-order valence-corrected chi connectivity index (χ0v) is 19.1. The van der Waals surface area contributed by atoms with Crippen LogP contribution in [0.2, 0.25) is 0 Å². The highest BCUT2D eigenvalue weighted by molar-refractivity contribution is 5.91. The molecule has 3 aromatic rings. The number of carbonyl (C=O) groups is 1. The average molecular weight is 449 g/mol. The molecule has 9 heteroatoms. The molecule has 1 aliphatic heterocycles. The quantitative estimate of drug-likeness (QED) is 0.565. The van der Waals surface area contributed by atoms with Crippen molar-refractivity contribution < 1.29 is 4.79 Å². The Kier molecular flexibility index (Phi) is 5.90. The van der Waals surface area contributed by atoms with Crippen LogP contribution in [0.5, 0.6) is 0 Å². The van der Waals surface area contributed by atoms with Crippen molar-refractivity contribution in [2.75, 3.05) is 44.3 Å². The van der Waals surface area contributed by atoms with Crippen LogP contribution in [0.15, 0.2) is 36.7 Å². The second kappa shape index (κ2) is 8.99. The molecule has 1 saturated carbocycles. The van der Waals surface area contributed by atoms with Crippen LogP contribution in [-0.2, 0) is 0 Å². The summed E-state index contributed by atoms with van der Waals surface area (Å²) >= 11 is 0. The number of amides is 2. The maximum Gasteiger partial charge on any atom is 0.316 e. The highest BCUT2D eigenvalue weighted by Crippen LogP contribution is 2.39. The van der Waals surface area contributed by atoms with Crippen LogP contribution in [0.4, 0.5) is 16.3 Å². The molecule has 9 nitrogen and oxygen atoms in total. The summed E-state index contributed by atoms with van der Waals surface area (Å²) in [6, 6.07) is 9.92. The predicted octanol–water partition coefficient (Wildman–Crippen LogP) is 2.74. The van der Waals surface area contributed by atoms with E-state index in [0.29, 0.717) is 23.5 Å². The number of fused-ring (bicyclic) bond motifs is 1. The summed E-state index contributed by atoms with van der Waals surface area (Å²) in [4.78, 5) is 20.5. The van der Waals surface area contributed by atoms with Gasteiger partial charge >= 0.3 is 6.03 Å². The van der Waals surface area contributed by atoms with E-state index in [1.165, 1.54) is 38.0 Å². The molecule has 1 aliphatic carbocycles. The molecule has 2 aliphatic rings. The number of nitrogen functional groups attached to an aromatic ring is 1. The lowest BCUT2D eigenvalue weighted by Crippen LogP contribution is -2.49. The normalized spacial score (nSPS) is 22.5. The van der Waals surface area contributed by atoms with Gasteiger partial charge in [-0.2, -0.15) is 5.10 Å². The van der Waals surface area contributed by atoms with Crippen LogP contribution in [0, 0.1) is 0 Å². The second-order valence-corrected chi connectivity index (χ2v) is 9.30. The zero-order valence-electron chi connectivity index (χ0n) is 19.1. The van der Waals surface area contributed by atoms with E-state index in [4.69, 9.17) is 11.5 Å². The fourth-order valence-electron chi connectivity index (χ4n) is 5.40. The number of hydrogen-bond donors (Lipinski definition) is 3. The number of carbonyl (C=O) groups excluding carboxylic acids is 1. The molecule has 0 unspecified atom stereocenters. The minimum Gasteiger partial charge on any atom is -0.382 e. The smallest absolute Gasteiger partial charge is 0.316 e. The molecule has 5 rings (SSSR count). The predicted molar refractivity (Wildman–Crippen MR) is 130 cm³/mol. The summed E-state index contributed by atoms with van der Waals surface area (Å²) in [6.45, 7) is 4.68. The topological polar surface area (TPSA) is 118 Å². The van der Waals surface area contributed by atoms with Crippen LogP contribution in [0.25, 0.3) is 16.6 Å². The molecule has 5 N–H and O–H groups in total. The van der Waals surface area contributed by atoms with Crippen molar-refractivity contribution in [2.24, 2.45) is 5.73 Å². The Labute approximate surface area is 193 Å². The van der Waals surface area contributed by atoms with Crippen LogP contribution < -0.4 is 16.8 Å². The maximum atomic E-state index is 11.1. The highest BCUT2D eigenvalue weighted by atomic mass is 16.2. The van der Waals surface area contributed by atoms with Gasteiger partial charge in [-0.25, -0.2) is 14.3 Å². The number of benzene rings is 1. The molecule has 1 saturated heterocycles. The van der Waals surface area contributed by atoms with Crippen LogP contribution in [0.3, 0.4) is 0 Å². The second-order valence-electron chi connectivity index (χ2n) is 9.30. The molecule has 0 bridgehead atoms. The fourth-order valence-corrected chi connectivity index (χ4v) is 5.40. The molecule has 3 heterocycles. The van der Waals surface area contributed by atoms with Gasteiger partial charge in [-0.1, -0.05) is 12.1 Å². The average Bonchev–Trinajstić information content (AvgIpc) is 3.21. The molecule has 174 valence electrons. The van der Waals surface area contributed by atoms with Crippen LogP contribution in [0.1, 0.15) is 37.3 Å². The Hall–Kier alpha value is -3.17. The molecule has 33 heavy (non-hydrogen) atoms. The van der Waals surface area contributed by atoms with Crippen molar-refractivity contribution in [3.05, 3.63) is 42.4 Å². The largest absolute Gasteiger partial charge is 0.382 e. The van der Waals surface area contributed by atoms with E-state index in [0.717, 1.165) is 42.6 Å². The van der Waals surface area contributed by atoms with Gasteiger partial charge in [0.2, 0.25) is 0 Å². The Balaban J connectivity index is 1.40. The van der Waals surface area contributed by atoms with Crippen molar-refractivity contribution in [1.29, 1.82) is 0 Å². The zero-order chi connectivity index (χ0) is 22.9. The van der Waals surface area contributed by atoms with E-state index < -0.39 is 6.03 Å². The van der Waals surface area contributed by atoms with Gasteiger partial charge in [0.1, 0.15) is 11.8 Å². The van der Waals surface area contributed by atoms with Crippen molar-refractivity contribution >= 4 is 23.1 Å². The molecule has 2 fully saturated rings. The van der Waals surface area contributed by atoms with Gasteiger partial charge in [0.25, 0.3) is 0 Å². The number of primary amides is 1. The summed E-state index contributed by atoms with van der Waals surface area (Å²) in [7, 11) is 2.21. The summed E-state index contributed by atoms with van der Waals surface area (Å²) in [5, 5.41) is 7.17. The lowest BCUT2D eigenvalue weighted by atomic mass is 9.83. The third-order valence-electron chi connectivity index (χ3n) is 7.24. The first-order valence-electron chi connectivity index (χ1n) is 11.7. The number of piperazine rings is 1. The summed E-state index contributed by atoms with van der Waals surface area (Å²) < 4.78 is 1.98. The molecule has 2 aromatic heterocycles. The molecular formula is C24H32N8O. The first-order valence-corrected chi connectivity index (χ1v) is 11.7. The lowest BCUT2D eigenvalue weighted by Gasteiger charge is -2.41. The highest BCUT2D eigenvalue weighted by Gasteiger charge is 2.30. The number of likely N-dealkylation sites (N-methyl/N-ethyl adjacent to an activating group) is 1. The van der Waals surface area contributed by atoms with Crippen molar-refractivity contribution in [1.82, 2.24) is 24.4 Å². The van der Waals surface area contributed by atoms with Gasteiger partial charge in [-0.15, -0.1) is 0 Å². The third kappa shape index (κ3) is 4.38. The standard InChI is InChI=1S/C24H32N8O/c1-30-10-12-31(13-11-30)19-8-4-17(5-9-19)21-14-20(22-23(25)27-15-28-32(21)22)16-2-6-18(7-3-16)29-24(26)33/h2-3,6-7,14-15,17,19H,4-5,8-13H2,1H3,(H2,25,27,28)(H3,26,29,33). The monoisotopic (exact) mass is 448 g/mol. The molecule has 0 atom stereocenters. The lowest BCUT2D eigenvalue weighted by molar-refractivity contribution is 0.0874. The molecule has 0 spiro atoms. The van der Waals surface area contributed by atoms with Gasteiger partial charge in [-0.05, 0) is 56.5 Å². The number of nitrogens with one attached hydrogen (secondary N) is 1. The molecule has 1 aromatic carbocycles. The molecular weight excluding hydrogens is 416 g/mol. The number of nitrogens with two attached hydrogens (primary N) is 2. The maximum absolute atomic E-state index is 11.1. The number of rotatable bonds is 4. The van der Waals surface area contributed by atoms with E-state index >= 15 is 0 Å². The van der Waals surface area contributed by atoms with Crippen molar-refractivity contribution in [3.63, 3.8) is 0 Å². The van der Waals surface area contributed by atoms with Gasteiger partial charge in [0.15, 0.2) is 5.82 Å². The Morgan fingerprint density at radius 3 is 2.42 bits per heavy atom. The Morgan fingerprint density at radius 1 is 1.06 bits per heavy atom. The minimum absolute atomic E-state index is 0.445. The first kappa shape index (κ1) is 21.7. The Bertz CT molecular complexity index is 1130. The molecule has 2 amide bonds. The summed E-state index contributed by atoms with van der Waals surface area (Å²) in [5.41, 5.74) is 16.2. The molecule has 0 radical (unpaired) electrons. The minimum atomic E-state index is -0.579. The van der Waals surface area contributed by atoms with Gasteiger partial charge in [-0.3, -0.25) is 4.90 Å². The van der Waals surface area contributed by atoms with Crippen molar-refractivity contribution in [3.8, 4) is 11.1 Å². The number of urea groups is 1. The van der Waals surface area contributed by atoms with Crippen LogP contribution >= 0.6 is 0 Å². The van der Waals surface area contributed by atoms with Gasteiger partial charge in [0, 0.05) is 55.1 Å². The van der Waals surface area contributed by atoms with E-state index in [9.17, 15) is 4.79 Å².